The van der Waals surface area contributed by atoms with E-state index in [2.05, 4.69) is 47.6 Å². The molecule has 0 spiro atoms. The molecule has 1 N–H and O–H groups in total. The third kappa shape index (κ3) is 4.41. The fourth-order valence-corrected chi connectivity index (χ4v) is 3.26. The van der Waals surface area contributed by atoms with E-state index >= 15 is 0 Å². The highest BCUT2D eigenvalue weighted by Crippen LogP contribution is 2.19. The Labute approximate surface area is 134 Å². The Hall–Kier alpha value is -1.67. The van der Waals surface area contributed by atoms with Crippen molar-refractivity contribution in [3.63, 3.8) is 0 Å². The largest absolute Gasteiger partial charge is 0.317 e. The molecule has 2 heterocycles. The van der Waals surface area contributed by atoms with E-state index in [1.54, 1.807) is 0 Å². The van der Waals surface area contributed by atoms with Crippen LogP contribution in [0, 0.1) is 12.8 Å². The maximum absolute atomic E-state index is 4.45. The minimum Gasteiger partial charge on any atom is -0.317 e. The van der Waals surface area contributed by atoms with Crippen molar-refractivity contribution in [1.29, 1.82) is 0 Å². The van der Waals surface area contributed by atoms with Crippen molar-refractivity contribution in [3.05, 3.63) is 65.0 Å². The van der Waals surface area contributed by atoms with E-state index in [-0.39, 0.29) is 0 Å². The number of aryl methyl sites for hydroxylation is 2. The lowest BCUT2D eigenvalue weighted by Gasteiger charge is -2.22. The van der Waals surface area contributed by atoms with Crippen molar-refractivity contribution in [2.75, 3.05) is 13.1 Å². The van der Waals surface area contributed by atoms with Crippen LogP contribution >= 0.6 is 0 Å². The monoisotopic (exact) mass is 294 g/mol. The number of piperidine rings is 1. The van der Waals surface area contributed by atoms with Gasteiger partial charge in [-0.05, 0) is 74.7 Å². The van der Waals surface area contributed by atoms with Crippen LogP contribution in [0.15, 0.2) is 42.7 Å². The van der Waals surface area contributed by atoms with Gasteiger partial charge in [0.05, 0.1) is 0 Å². The van der Waals surface area contributed by atoms with Gasteiger partial charge in [-0.1, -0.05) is 35.9 Å². The third-order valence-electron chi connectivity index (χ3n) is 4.68. The summed E-state index contributed by atoms with van der Waals surface area (Å²) in [5.74, 6) is 0.891. The summed E-state index contributed by atoms with van der Waals surface area (Å²) in [5.41, 5.74) is 5.40. The van der Waals surface area contributed by atoms with Crippen molar-refractivity contribution in [2.24, 2.45) is 5.92 Å². The zero-order chi connectivity index (χ0) is 15.2. The average molecular weight is 294 g/mol. The quantitative estimate of drug-likeness (QED) is 0.904. The third-order valence-corrected chi connectivity index (χ3v) is 4.68. The highest BCUT2D eigenvalue weighted by molar-refractivity contribution is 5.28. The van der Waals surface area contributed by atoms with E-state index in [0.717, 1.165) is 12.3 Å². The molecule has 0 atom stereocenters. The second-order valence-corrected chi connectivity index (χ2v) is 6.60. The van der Waals surface area contributed by atoms with E-state index in [9.17, 15) is 0 Å². The zero-order valence-corrected chi connectivity index (χ0v) is 13.5. The SMILES string of the molecule is Cc1ccc(Cc2cncc(CCC3CCNCC3)c2)cc1. The lowest BCUT2D eigenvalue weighted by molar-refractivity contribution is 0.354. The molecule has 0 unspecified atom stereocenters. The summed E-state index contributed by atoms with van der Waals surface area (Å²) in [4.78, 5) is 4.45. The Bertz CT molecular complexity index is 583. The molecule has 1 saturated heterocycles. The highest BCUT2D eigenvalue weighted by atomic mass is 14.9. The number of hydrogen-bond acceptors (Lipinski definition) is 2. The molecule has 1 aliphatic rings. The Morgan fingerprint density at radius 3 is 2.50 bits per heavy atom. The molecule has 3 rings (SSSR count). The van der Waals surface area contributed by atoms with Crippen LogP contribution in [0.3, 0.4) is 0 Å². The van der Waals surface area contributed by atoms with Crippen LogP contribution in [0.2, 0.25) is 0 Å². The number of benzene rings is 1. The van der Waals surface area contributed by atoms with E-state index in [4.69, 9.17) is 0 Å². The first-order valence-electron chi connectivity index (χ1n) is 8.48. The normalized spacial score (nSPS) is 15.9. The van der Waals surface area contributed by atoms with Gasteiger partial charge in [0.25, 0.3) is 0 Å². The smallest absolute Gasteiger partial charge is 0.0303 e. The van der Waals surface area contributed by atoms with Crippen LogP contribution in [0.5, 0.6) is 0 Å². The summed E-state index contributed by atoms with van der Waals surface area (Å²) in [6.45, 7) is 4.51. The molecule has 2 heteroatoms. The number of nitrogens with one attached hydrogen (secondary N) is 1. The fourth-order valence-electron chi connectivity index (χ4n) is 3.26. The van der Waals surface area contributed by atoms with Crippen LogP contribution in [0.4, 0.5) is 0 Å². The number of hydrogen-bond donors (Lipinski definition) is 1. The Morgan fingerprint density at radius 1 is 1.00 bits per heavy atom. The first-order valence-corrected chi connectivity index (χ1v) is 8.48. The fraction of sp³-hybridized carbons (Fsp3) is 0.450. The molecule has 0 saturated carbocycles. The molecule has 0 amide bonds. The average Bonchev–Trinajstić information content (AvgIpc) is 2.57. The van der Waals surface area contributed by atoms with Gasteiger partial charge in [0.15, 0.2) is 0 Å². The van der Waals surface area contributed by atoms with Gasteiger partial charge >= 0.3 is 0 Å². The van der Waals surface area contributed by atoms with Crippen molar-refractivity contribution in [2.45, 2.75) is 39.0 Å². The Balaban J connectivity index is 1.58. The molecule has 0 bridgehead atoms. The lowest BCUT2D eigenvalue weighted by Crippen LogP contribution is -2.27. The van der Waals surface area contributed by atoms with Gasteiger partial charge in [-0.3, -0.25) is 4.98 Å². The topological polar surface area (TPSA) is 24.9 Å². The molecule has 0 aliphatic carbocycles. The van der Waals surface area contributed by atoms with Crippen molar-refractivity contribution < 1.29 is 0 Å². The Kier molecular flexibility index (Phi) is 5.23. The number of rotatable bonds is 5. The zero-order valence-electron chi connectivity index (χ0n) is 13.5. The van der Waals surface area contributed by atoms with Crippen molar-refractivity contribution in [1.82, 2.24) is 10.3 Å². The van der Waals surface area contributed by atoms with Gasteiger partial charge in [-0.2, -0.15) is 0 Å². The maximum atomic E-state index is 4.45. The number of nitrogens with zero attached hydrogens (tertiary/aromatic N) is 1. The predicted molar refractivity (Wildman–Crippen MR) is 92.1 cm³/mol. The molecule has 116 valence electrons. The molecule has 0 radical (unpaired) electrons. The maximum Gasteiger partial charge on any atom is 0.0303 e. The summed E-state index contributed by atoms with van der Waals surface area (Å²) in [5, 5.41) is 3.44. The van der Waals surface area contributed by atoms with Crippen LogP contribution in [-0.4, -0.2) is 18.1 Å². The summed E-state index contributed by atoms with van der Waals surface area (Å²) < 4.78 is 0. The summed E-state index contributed by atoms with van der Waals surface area (Å²) >= 11 is 0. The molecule has 1 aliphatic heterocycles. The van der Waals surface area contributed by atoms with Gasteiger partial charge in [-0.15, -0.1) is 0 Å². The second kappa shape index (κ2) is 7.55. The summed E-state index contributed by atoms with van der Waals surface area (Å²) in [6.07, 6.45) is 10.2. The van der Waals surface area contributed by atoms with Gasteiger partial charge in [0.2, 0.25) is 0 Å². The minimum atomic E-state index is 0.891. The second-order valence-electron chi connectivity index (χ2n) is 6.60. The first kappa shape index (κ1) is 15.2. The first-order chi connectivity index (χ1) is 10.8. The van der Waals surface area contributed by atoms with E-state index < -0.39 is 0 Å². The predicted octanol–water partition coefficient (Wildman–Crippen LogP) is 3.91. The van der Waals surface area contributed by atoms with Crippen LogP contribution < -0.4 is 5.32 Å². The van der Waals surface area contributed by atoms with Crippen LogP contribution in [0.1, 0.15) is 41.5 Å². The van der Waals surface area contributed by atoms with Gasteiger partial charge in [-0.25, -0.2) is 0 Å². The number of aromatic nitrogens is 1. The summed E-state index contributed by atoms with van der Waals surface area (Å²) in [7, 11) is 0. The molecule has 2 aromatic rings. The van der Waals surface area contributed by atoms with E-state index in [1.165, 1.54) is 61.0 Å². The van der Waals surface area contributed by atoms with Gasteiger partial charge in [0.1, 0.15) is 0 Å². The van der Waals surface area contributed by atoms with Crippen LogP contribution in [-0.2, 0) is 12.8 Å². The van der Waals surface area contributed by atoms with Crippen molar-refractivity contribution >= 4 is 0 Å². The minimum absolute atomic E-state index is 0.891. The standard InChI is InChI=1S/C20H26N2/c1-16-2-4-18(5-3-16)12-20-13-19(14-22-15-20)7-6-17-8-10-21-11-9-17/h2-5,13-15,17,21H,6-12H2,1H3. The van der Waals surface area contributed by atoms with E-state index in [1.807, 2.05) is 12.4 Å². The van der Waals surface area contributed by atoms with E-state index in [0.29, 0.717) is 0 Å². The number of pyridine rings is 1. The molecule has 2 nitrogen and oxygen atoms in total. The molecule has 1 fully saturated rings. The Morgan fingerprint density at radius 2 is 1.73 bits per heavy atom. The molecule has 22 heavy (non-hydrogen) atoms. The molecule has 1 aromatic carbocycles. The molecular weight excluding hydrogens is 268 g/mol. The lowest BCUT2D eigenvalue weighted by atomic mass is 9.91. The summed E-state index contributed by atoms with van der Waals surface area (Å²) in [6, 6.07) is 11.1. The highest BCUT2D eigenvalue weighted by Gasteiger charge is 2.12. The van der Waals surface area contributed by atoms with Gasteiger partial charge in [0, 0.05) is 12.4 Å². The van der Waals surface area contributed by atoms with Gasteiger partial charge < -0.3 is 5.32 Å². The molecular formula is C20H26N2. The molecule has 1 aromatic heterocycles. The van der Waals surface area contributed by atoms with Crippen LogP contribution in [0.25, 0.3) is 0 Å². The van der Waals surface area contributed by atoms with Crippen molar-refractivity contribution in [3.8, 4) is 0 Å².